The maximum absolute atomic E-state index is 11.6. The standard InChI is InChI=1S/C10H15N5O/c1-15(2,3)5-6-4-7-8(12-6)13-10(11)14-9(7)16/h4H,5H2,1-3H3,(H3-,11,12,13,14,16)/p+1. The van der Waals surface area contributed by atoms with Crippen LogP contribution in [0.2, 0.25) is 0 Å². The molecule has 0 aliphatic carbocycles. The summed E-state index contributed by atoms with van der Waals surface area (Å²) in [5, 5.41) is 0.553. The van der Waals surface area contributed by atoms with Gasteiger partial charge in [0.1, 0.15) is 12.2 Å². The third-order valence-corrected chi connectivity index (χ3v) is 2.22. The highest BCUT2D eigenvalue weighted by Gasteiger charge is 2.13. The number of quaternary nitrogens is 1. The molecule has 0 saturated heterocycles. The van der Waals surface area contributed by atoms with E-state index in [1.165, 1.54) is 0 Å². The molecule has 0 unspecified atom stereocenters. The summed E-state index contributed by atoms with van der Waals surface area (Å²) in [6.45, 7) is 0.801. The number of hydrogen-bond acceptors (Lipinski definition) is 3. The van der Waals surface area contributed by atoms with Gasteiger partial charge in [0.15, 0.2) is 0 Å². The van der Waals surface area contributed by atoms with Crippen LogP contribution in [0, 0.1) is 0 Å². The normalized spacial score (nSPS) is 12.2. The smallest absolute Gasteiger partial charge is 0.261 e. The van der Waals surface area contributed by atoms with Gasteiger partial charge < -0.3 is 15.2 Å². The Morgan fingerprint density at radius 1 is 1.38 bits per heavy atom. The lowest BCUT2D eigenvalue weighted by Crippen LogP contribution is -2.33. The van der Waals surface area contributed by atoms with Crippen LogP contribution in [0.25, 0.3) is 11.0 Å². The predicted molar refractivity (Wildman–Crippen MR) is 62.9 cm³/mol. The van der Waals surface area contributed by atoms with Crippen LogP contribution in [0.5, 0.6) is 0 Å². The molecule has 16 heavy (non-hydrogen) atoms. The summed E-state index contributed by atoms with van der Waals surface area (Å²) >= 11 is 0. The SMILES string of the molecule is C[N+](C)(C)Cc1cc2c(=O)[nH]c(N)nc2[nH]1. The number of nitrogens with one attached hydrogen (secondary N) is 2. The Morgan fingerprint density at radius 2 is 2.06 bits per heavy atom. The Hall–Kier alpha value is -1.82. The molecule has 0 fully saturated rings. The largest absolute Gasteiger partial charge is 0.369 e. The summed E-state index contributed by atoms with van der Waals surface area (Å²) < 4.78 is 0.778. The number of fused-ring (bicyclic) bond motifs is 1. The van der Waals surface area contributed by atoms with Gasteiger partial charge in [0.2, 0.25) is 5.95 Å². The number of anilines is 1. The molecule has 0 spiro atoms. The molecule has 6 heteroatoms. The van der Waals surface area contributed by atoms with Gasteiger partial charge in [-0.15, -0.1) is 0 Å². The minimum atomic E-state index is -0.202. The predicted octanol–water partition coefficient (Wildman–Crippen LogP) is 0.0396. The highest BCUT2D eigenvalue weighted by atomic mass is 16.1. The van der Waals surface area contributed by atoms with Crippen LogP contribution < -0.4 is 11.3 Å². The van der Waals surface area contributed by atoms with Gasteiger partial charge >= 0.3 is 0 Å². The first-order valence-corrected chi connectivity index (χ1v) is 5.03. The highest BCUT2D eigenvalue weighted by Crippen LogP contribution is 2.12. The van der Waals surface area contributed by atoms with Crippen LogP contribution in [0.4, 0.5) is 5.95 Å². The molecule has 0 atom stereocenters. The number of hydrogen-bond donors (Lipinski definition) is 3. The minimum Gasteiger partial charge on any atom is -0.369 e. The van der Waals surface area contributed by atoms with E-state index in [-0.39, 0.29) is 11.5 Å². The van der Waals surface area contributed by atoms with Crippen molar-refractivity contribution < 1.29 is 4.48 Å². The van der Waals surface area contributed by atoms with Crippen LogP contribution >= 0.6 is 0 Å². The second kappa shape index (κ2) is 3.34. The molecule has 4 N–H and O–H groups in total. The van der Waals surface area contributed by atoms with Crippen molar-refractivity contribution in [3.63, 3.8) is 0 Å². The molecule has 0 aliphatic rings. The van der Waals surface area contributed by atoms with Gasteiger partial charge in [0.05, 0.1) is 32.2 Å². The van der Waals surface area contributed by atoms with E-state index in [0.29, 0.717) is 11.0 Å². The number of aromatic amines is 2. The molecule has 0 radical (unpaired) electrons. The lowest BCUT2D eigenvalue weighted by Gasteiger charge is -2.22. The van der Waals surface area contributed by atoms with Gasteiger partial charge in [-0.1, -0.05) is 0 Å². The van der Waals surface area contributed by atoms with E-state index >= 15 is 0 Å². The Labute approximate surface area is 92.7 Å². The van der Waals surface area contributed by atoms with Crippen molar-refractivity contribution in [2.45, 2.75) is 6.54 Å². The summed E-state index contributed by atoms with van der Waals surface area (Å²) in [5.41, 5.74) is 6.79. The van der Waals surface area contributed by atoms with Crippen LogP contribution in [0.3, 0.4) is 0 Å². The Bertz CT molecular complexity index is 575. The maximum Gasteiger partial charge on any atom is 0.261 e. The molecule has 6 nitrogen and oxygen atoms in total. The fraction of sp³-hybridized carbons (Fsp3) is 0.400. The minimum absolute atomic E-state index is 0.135. The van der Waals surface area contributed by atoms with Crippen molar-refractivity contribution in [3.8, 4) is 0 Å². The van der Waals surface area contributed by atoms with E-state index in [2.05, 4.69) is 36.1 Å². The maximum atomic E-state index is 11.6. The summed E-state index contributed by atoms with van der Waals surface area (Å²) in [4.78, 5) is 21.2. The summed E-state index contributed by atoms with van der Waals surface area (Å²) in [6, 6.07) is 1.82. The fourth-order valence-electron chi connectivity index (χ4n) is 1.69. The molecule has 2 aromatic rings. The summed E-state index contributed by atoms with van der Waals surface area (Å²) in [5.74, 6) is 0.135. The fourth-order valence-corrected chi connectivity index (χ4v) is 1.69. The number of nitrogens with zero attached hydrogens (tertiary/aromatic N) is 2. The third kappa shape index (κ3) is 2.06. The van der Waals surface area contributed by atoms with Crippen molar-refractivity contribution in [1.82, 2.24) is 15.0 Å². The average molecular weight is 222 g/mol. The van der Waals surface area contributed by atoms with Crippen LogP contribution in [0.1, 0.15) is 5.69 Å². The lowest BCUT2D eigenvalue weighted by molar-refractivity contribution is -0.884. The van der Waals surface area contributed by atoms with Gasteiger partial charge in [0.25, 0.3) is 5.56 Å². The monoisotopic (exact) mass is 222 g/mol. The first-order valence-electron chi connectivity index (χ1n) is 5.03. The lowest BCUT2D eigenvalue weighted by atomic mass is 10.3. The molecule has 2 rings (SSSR count). The van der Waals surface area contributed by atoms with Crippen molar-refractivity contribution in [2.75, 3.05) is 26.9 Å². The van der Waals surface area contributed by atoms with E-state index in [1.807, 2.05) is 6.07 Å². The molecule has 0 saturated carbocycles. The zero-order valence-electron chi connectivity index (χ0n) is 9.66. The van der Waals surface area contributed by atoms with E-state index < -0.39 is 0 Å². The molecule has 86 valence electrons. The molecular formula is C10H16N5O+. The third-order valence-electron chi connectivity index (χ3n) is 2.22. The van der Waals surface area contributed by atoms with Crippen LogP contribution in [-0.2, 0) is 6.54 Å². The molecule has 0 amide bonds. The number of rotatable bonds is 2. The second-order valence-electron chi connectivity index (χ2n) is 4.96. The van der Waals surface area contributed by atoms with Crippen LogP contribution in [0.15, 0.2) is 10.9 Å². The molecular weight excluding hydrogens is 206 g/mol. The average Bonchev–Trinajstić information content (AvgIpc) is 2.43. The number of nitrogens with two attached hydrogens (primary N) is 1. The zero-order chi connectivity index (χ0) is 11.9. The summed E-state index contributed by atoms with van der Waals surface area (Å²) in [6.07, 6.45) is 0. The van der Waals surface area contributed by atoms with E-state index in [1.54, 1.807) is 0 Å². The molecule has 0 aliphatic heterocycles. The molecule has 0 aromatic carbocycles. The van der Waals surface area contributed by atoms with Gasteiger partial charge in [-0.25, -0.2) is 0 Å². The van der Waals surface area contributed by atoms with Crippen molar-refractivity contribution in [1.29, 1.82) is 0 Å². The first-order chi connectivity index (χ1) is 7.35. The van der Waals surface area contributed by atoms with Gasteiger partial charge in [0, 0.05) is 0 Å². The Kier molecular flexibility index (Phi) is 2.23. The Morgan fingerprint density at radius 3 is 2.69 bits per heavy atom. The van der Waals surface area contributed by atoms with Crippen LogP contribution in [-0.4, -0.2) is 40.6 Å². The van der Waals surface area contributed by atoms with Crippen molar-refractivity contribution in [3.05, 3.63) is 22.1 Å². The Balaban J connectivity index is 2.52. The van der Waals surface area contributed by atoms with Gasteiger partial charge in [-0.2, -0.15) is 4.98 Å². The molecule has 2 aromatic heterocycles. The van der Waals surface area contributed by atoms with Gasteiger partial charge in [-0.05, 0) is 6.07 Å². The second-order valence-corrected chi connectivity index (χ2v) is 4.96. The van der Waals surface area contributed by atoms with Crippen molar-refractivity contribution >= 4 is 17.0 Å². The highest BCUT2D eigenvalue weighted by molar-refractivity contribution is 5.76. The first kappa shape index (κ1) is 10.7. The zero-order valence-corrected chi connectivity index (χ0v) is 9.66. The van der Waals surface area contributed by atoms with E-state index in [4.69, 9.17) is 5.73 Å². The van der Waals surface area contributed by atoms with Gasteiger partial charge in [-0.3, -0.25) is 9.78 Å². The summed E-state index contributed by atoms with van der Waals surface area (Å²) in [7, 11) is 6.24. The quantitative estimate of drug-likeness (QED) is 0.627. The number of nitrogen functional groups attached to an aromatic ring is 1. The van der Waals surface area contributed by atoms with E-state index in [0.717, 1.165) is 16.7 Å². The number of H-pyrrole nitrogens is 2. The van der Waals surface area contributed by atoms with E-state index in [9.17, 15) is 4.79 Å². The van der Waals surface area contributed by atoms with Crippen molar-refractivity contribution in [2.24, 2.45) is 0 Å². The molecule has 0 bridgehead atoms. The molecule has 2 heterocycles. The topological polar surface area (TPSA) is 87.6 Å². The number of aromatic nitrogens is 3.